The summed E-state index contributed by atoms with van der Waals surface area (Å²) in [7, 11) is 1.75. The molecule has 0 aliphatic rings. The van der Waals surface area contributed by atoms with Gasteiger partial charge in [0.2, 0.25) is 0 Å². The Hall–Kier alpha value is -1.63. The Bertz CT molecular complexity index is 376. The monoisotopic (exact) mass is 268 g/mol. The lowest BCUT2D eigenvalue weighted by atomic mass is 10.4. The van der Waals surface area contributed by atoms with Crippen LogP contribution in [0, 0.1) is 0 Å². The molecule has 0 aliphatic carbocycles. The molecule has 7 heteroatoms. The van der Waals surface area contributed by atoms with E-state index in [0.29, 0.717) is 6.54 Å². The first-order valence-corrected chi connectivity index (χ1v) is 6.70. The van der Waals surface area contributed by atoms with E-state index in [9.17, 15) is 0 Å². The second-order valence-corrected chi connectivity index (χ2v) is 3.94. The van der Waals surface area contributed by atoms with E-state index in [1.807, 2.05) is 11.5 Å². The zero-order valence-corrected chi connectivity index (χ0v) is 12.0. The Morgan fingerprint density at radius 1 is 1.42 bits per heavy atom. The largest absolute Gasteiger partial charge is 0.382 e. The lowest BCUT2D eigenvalue weighted by molar-refractivity contribution is 0.145. The number of nitrogens with one attached hydrogen (secondary N) is 2. The molecule has 0 saturated heterocycles. The second kappa shape index (κ2) is 9.32. The number of ether oxygens (including phenoxy) is 1. The van der Waals surface area contributed by atoms with Crippen LogP contribution in [0.4, 0.5) is 0 Å². The molecule has 108 valence electrons. The maximum absolute atomic E-state index is 5.28. The van der Waals surface area contributed by atoms with Crippen LogP contribution in [0.2, 0.25) is 0 Å². The van der Waals surface area contributed by atoms with E-state index in [4.69, 9.17) is 4.74 Å². The predicted octanol–water partition coefficient (Wildman–Crippen LogP) is 0.390. The first-order valence-electron chi connectivity index (χ1n) is 6.70. The molecule has 19 heavy (non-hydrogen) atoms. The first-order chi connectivity index (χ1) is 9.31. The van der Waals surface area contributed by atoms with E-state index >= 15 is 0 Å². The van der Waals surface area contributed by atoms with Crippen LogP contribution in [0.15, 0.2) is 11.3 Å². The zero-order chi connectivity index (χ0) is 13.9. The summed E-state index contributed by atoms with van der Waals surface area (Å²) in [6.07, 6.45) is 2.69. The van der Waals surface area contributed by atoms with E-state index in [-0.39, 0.29) is 0 Å². The summed E-state index contributed by atoms with van der Waals surface area (Å²) in [5.74, 6) is 1.67. The molecule has 0 aliphatic heterocycles. The van der Waals surface area contributed by atoms with Gasteiger partial charge in [-0.15, -0.1) is 10.2 Å². The molecule has 0 radical (unpaired) electrons. The highest BCUT2D eigenvalue weighted by Gasteiger charge is 2.03. The fourth-order valence-electron chi connectivity index (χ4n) is 1.59. The topological polar surface area (TPSA) is 76.4 Å². The lowest BCUT2D eigenvalue weighted by Crippen LogP contribution is -2.38. The molecule has 0 saturated carbocycles. The molecule has 0 atom stereocenters. The minimum absolute atomic E-state index is 0.610. The molecule has 1 rings (SSSR count). The molecule has 1 aromatic rings. The van der Waals surface area contributed by atoms with Crippen molar-refractivity contribution in [2.45, 2.75) is 33.4 Å². The summed E-state index contributed by atoms with van der Waals surface area (Å²) in [6, 6.07) is 0. The highest BCUT2D eigenvalue weighted by Crippen LogP contribution is 1.93. The third-order valence-corrected chi connectivity index (χ3v) is 2.64. The maximum Gasteiger partial charge on any atom is 0.191 e. The number of aliphatic imine (C=N–C) groups is 1. The molecule has 0 unspecified atom stereocenters. The molecule has 0 aromatic carbocycles. The van der Waals surface area contributed by atoms with Gasteiger partial charge in [0.15, 0.2) is 11.8 Å². The van der Waals surface area contributed by atoms with Crippen LogP contribution >= 0.6 is 0 Å². The van der Waals surface area contributed by atoms with Gasteiger partial charge in [-0.1, -0.05) is 0 Å². The number of aromatic nitrogens is 3. The van der Waals surface area contributed by atoms with Gasteiger partial charge >= 0.3 is 0 Å². The van der Waals surface area contributed by atoms with Crippen LogP contribution in [0.3, 0.4) is 0 Å². The lowest BCUT2D eigenvalue weighted by Gasteiger charge is -2.11. The normalized spacial score (nSPS) is 11.6. The van der Waals surface area contributed by atoms with Gasteiger partial charge in [-0.3, -0.25) is 4.99 Å². The zero-order valence-electron chi connectivity index (χ0n) is 12.0. The van der Waals surface area contributed by atoms with Crippen molar-refractivity contribution in [2.75, 3.05) is 26.8 Å². The summed E-state index contributed by atoms with van der Waals surface area (Å²) in [4.78, 5) is 4.16. The Balaban J connectivity index is 2.25. The van der Waals surface area contributed by atoms with Crippen LogP contribution in [-0.4, -0.2) is 47.5 Å². The average Bonchev–Trinajstić information content (AvgIpc) is 2.89. The second-order valence-electron chi connectivity index (χ2n) is 3.94. The molecule has 2 N–H and O–H groups in total. The van der Waals surface area contributed by atoms with Crippen LogP contribution in [0.5, 0.6) is 0 Å². The van der Waals surface area contributed by atoms with E-state index in [0.717, 1.165) is 44.5 Å². The fourth-order valence-corrected chi connectivity index (χ4v) is 1.59. The standard InChI is InChI=1S/C12H24N6O/c1-4-18-10-16-17-11(18)9-15-12(13-3)14-7-6-8-19-5-2/h10H,4-9H2,1-3H3,(H2,13,14,15). The summed E-state index contributed by atoms with van der Waals surface area (Å²) in [6.45, 7) is 7.90. The van der Waals surface area contributed by atoms with Crippen molar-refractivity contribution in [2.24, 2.45) is 4.99 Å². The third-order valence-electron chi connectivity index (χ3n) is 2.64. The van der Waals surface area contributed by atoms with Crippen molar-refractivity contribution in [3.63, 3.8) is 0 Å². The molecular formula is C12H24N6O. The molecule has 7 nitrogen and oxygen atoms in total. The van der Waals surface area contributed by atoms with Crippen LogP contribution in [-0.2, 0) is 17.8 Å². The van der Waals surface area contributed by atoms with E-state index < -0.39 is 0 Å². The van der Waals surface area contributed by atoms with Crippen molar-refractivity contribution in [3.05, 3.63) is 12.2 Å². The Morgan fingerprint density at radius 2 is 2.26 bits per heavy atom. The third kappa shape index (κ3) is 5.69. The van der Waals surface area contributed by atoms with Crippen molar-refractivity contribution in [1.82, 2.24) is 25.4 Å². The SMILES string of the molecule is CCOCCCNC(=NC)NCc1nncn1CC. The smallest absolute Gasteiger partial charge is 0.191 e. The number of hydrogen-bond acceptors (Lipinski definition) is 4. The van der Waals surface area contributed by atoms with Crippen LogP contribution < -0.4 is 10.6 Å². The summed E-state index contributed by atoms with van der Waals surface area (Å²) >= 11 is 0. The van der Waals surface area contributed by atoms with Gasteiger partial charge in [-0.25, -0.2) is 0 Å². The minimum Gasteiger partial charge on any atom is -0.382 e. The number of guanidine groups is 1. The number of hydrogen-bond donors (Lipinski definition) is 2. The predicted molar refractivity (Wildman–Crippen MR) is 75.0 cm³/mol. The van der Waals surface area contributed by atoms with Gasteiger partial charge in [0, 0.05) is 33.4 Å². The van der Waals surface area contributed by atoms with Gasteiger partial charge in [-0.05, 0) is 20.3 Å². The first kappa shape index (κ1) is 15.4. The minimum atomic E-state index is 0.610. The van der Waals surface area contributed by atoms with Gasteiger partial charge < -0.3 is 19.9 Å². The Labute approximate surface area is 114 Å². The molecule has 0 amide bonds. The maximum atomic E-state index is 5.28. The van der Waals surface area contributed by atoms with E-state index in [1.54, 1.807) is 13.4 Å². The molecule has 1 aromatic heterocycles. The summed E-state index contributed by atoms with van der Waals surface area (Å²) < 4.78 is 7.27. The van der Waals surface area contributed by atoms with Crippen molar-refractivity contribution in [3.8, 4) is 0 Å². The fraction of sp³-hybridized carbons (Fsp3) is 0.750. The highest BCUT2D eigenvalue weighted by molar-refractivity contribution is 5.79. The number of aryl methyl sites for hydroxylation is 1. The van der Waals surface area contributed by atoms with E-state index in [1.165, 1.54) is 0 Å². The van der Waals surface area contributed by atoms with Gasteiger partial charge in [0.1, 0.15) is 6.33 Å². The Morgan fingerprint density at radius 3 is 2.95 bits per heavy atom. The van der Waals surface area contributed by atoms with Crippen molar-refractivity contribution < 1.29 is 4.74 Å². The van der Waals surface area contributed by atoms with Gasteiger partial charge in [0.25, 0.3) is 0 Å². The van der Waals surface area contributed by atoms with Crippen LogP contribution in [0.25, 0.3) is 0 Å². The molecule has 0 fully saturated rings. The van der Waals surface area contributed by atoms with Gasteiger partial charge in [-0.2, -0.15) is 0 Å². The summed E-state index contributed by atoms with van der Waals surface area (Å²) in [5, 5.41) is 14.4. The van der Waals surface area contributed by atoms with Crippen molar-refractivity contribution in [1.29, 1.82) is 0 Å². The molecular weight excluding hydrogens is 244 g/mol. The number of rotatable bonds is 8. The molecule has 0 spiro atoms. The van der Waals surface area contributed by atoms with Crippen molar-refractivity contribution >= 4 is 5.96 Å². The van der Waals surface area contributed by atoms with Gasteiger partial charge in [0.05, 0.1) is 6.54 Å². The molecule has 0 bridgehead atoms. The van der Waals surface area contributed by atoms with E-state index in [2.05, 4.69) is 32.7 Å². The highest BCUT2D eigenvalue weighted by atomic mass is 16.5. The Kier molecular flexibility index (Phi) is 7.57. The summed E-state index contributed by atoms with van der Waals surface area (Å²) in [5.41, 5.74) is 0. The molecule has 1 heterocycles. The quantitative estimate of drug-likeness (QED) is 0.405. The average molecular weight is 268 g/mol. The van der Waals surface area contributed by atoms with Crippen LogP contribution in [0.1, 0.15) is 26.1 Å². The number of nitrogens with zero attached hydrogens (tertiary/aromatic N) is 4.